The van der Waals surface area contributed by atoms with Gasteiger partial charge in [0.25, 0.3) is 5.69 Å². The number of rotatable bonds is 7. The summed E-state index contributed by atoms with van der Waals surface area (Å²) in [4.78, 5) is 12.4. The van der Waals surface area contributed by atoms with Crippen molar-refractivity contribution in [2.75, 3.05) is 6.61 Å². The smallest absolute Gasteiger partial charge is 0.286 e. The van der Waals surface area contributed by atoms with Gasteiger partial charge >= 0.3 is 0 Å². The van der Waals surface area contributed by atoms with E-state index in [4.69, 9.17) is 4.74 Å². The monoisotopic (exact) mass is 445 g/mol. The highest BCUT2D eigenvalue weighted by molar-refractivity contribution is 9.10. The van der Waals surface area contributed by atoms with Crippen molar-refractivity contribution in [1.29, 1.82) is 0 Å². The summed E-state index contributed by atoms with van der Waals surface area (Å²) < 4.78 is 6.71. The van der Waals surface area contributed by atoms with E-state index in [9.17, 15) is 15.2 Å². The van der Waals surface area contributed by atoms with Crippen LogP contribution in [-0.2, 0) is 6.42 Å². The minimum atomic E-state index is -0.412. The second kappa shape index (κ2) is 8.92. The quantitative estimate of drug-likeness (QED) is 0.365. The average Bonchev–Trinajstić information content (AvgIpc) is 2.66. The number of benzene rings is 3. The molecule has 0 aliphatic heterocycles. The highest BCUT2D eigenvalue weighted by atomic mass is 79.9. The molecular formula is C20H16BrNO4S. The first-order valence-corrected chi connectivity index (χ1v) is 9.75. The van der Waals surface area contributed by atoms with Crippen molar-refractivity contribution in [1.82, 2.24) is 0 Å². The molecule has 1 N–H and O–H groups in total. The minimum absolute atomic E-state index is 0.00535. The highest BCUT2D eigenvalue weighted by Gasteiger charge is 2.16. The number of phenols is 1. The van der Waals surface area contributed by atoms with E-state index in [2.05, 4.69) is 15.9 Å². The molecule has 0 radical (unpaired) electrons. The lowest BCUT2D eigenvalue weighted by Gasteiger charge is -2.09. The maximum atomic E-state index is 11.4. The van der Waals surface area contributed by atoms with Crippen LogP contribution in [0.15, 0.2) is 81.0 Å². The molecule has 27 heavy (non-hydrogen) atoms. The van der Waals surface area contributed by atoms with Crippen LogP contribution < -0.4 is 4.74 Å². The molecular weight excluding hydrogens is 430 g/mol. The minimum Gasteiger partial charge on any atom is -0.508 e. The second-order valence-electron chi connectivity index (χ2n) is 5.71. The molecule has 0 bridgehead atoms. The van der Waals surface area contributed by atoms with Gasteiger partial charge in [-0.3, -0.25) is 10.1 Å². The molecule has 0 saturated carbocycles. The summed E-state index contributed by atoms with van der Waals surface area (Å²) in [6, 6.07) is 19.3. The van der Waals surface area contributed by atoms with Gasteiger partial charge in [-0.2, -0.15) is 0 Å². The first kappa shape index (κ1) is 19.3. The SMILES string of the molecule is O=[N+]([O-])c1cc(OCCc2ccc(Br)cc2)ccc1Sc1ccc(O)cc1. The van der Waals surface area contributed by atoms with E-state index >= 15 is 0 Å². The molecule has 0 aromatic heterocycles. The van der Waals surface area contributed by atoms with Crippen LogP contribution >= 0.6 is 27.7 Å². The topological polar surface area (TPSA) is 72.6 Å². The van der Waals surface area contributed by atoms with Gasteiger partial charge in [-0.05, 0) is 54.1 Å². The van der Waals surface area contributed by atoms with Gasteiger partial charge in [0, 0.05) is 15.8 Å². The molecule has 0 atom stereocenters. The summed E-state index contributed by atoms with van der Waals surface area (Å²) in [7, 11) is 0. The molecule has 0 heterocycles. The summed E-state index contributed by atoms with van der Waals surface area (Å²) in [5, 5.41) is 20.8. The number of aromatic hydroxyl groups is 1. The first-order valence-electron chi connectivity index (χ1n) is 8.14. The maximum absolute atomic E-state index is 11.4. The van der Waals surface area contributed by atoms with Crippen LogP contribution in [0.25, 0.3) is 0 Å². The van der Waals surface area contributed by atoms with Crippen molar-refractivity contribution >= 4 is 33.4 Å². The average molecular weight is 446 g/mol. The summed E-state index contributed by atoms with van der Waals surface area (Å²) >= 11 is 4.67. The molecule has 3 aromatic carbocycles. The number of hydrogen-bond donors (Lipinski definition) is 1. The van der Waals surface area contributed by atoms with Crippen LogP contribution in [0.2, 0.25) is 0 Å². The van der Waals surface area contributed by atoms with Crippen LogP contribution in [-0.4, -0.2) is 16.6 Å². The standard InChI is InChI=1S/C20H16BrNO4S/c21-15-3-1-14(2-4-15)11-12-26-17-7-10-20(19(13-17)22(24)25)27-18-8-5-16(23)6-9-18/h1-10,13,23H,11-12H2. The molecule has 7 heteroatoms. The number of halogens is 1. The van der Waals surface area contributed by atoms with Gasteiger partial charge in [-0.25, -0.2) is 0 Å². The Bertz CT molecular complexity index is 930. The van der Waals surface area contributed by atoms with Crippen molar-refractivity contribution in [3.8, 4) is 11.5 Å². The summed E-state index contributed by atoms with van der Waals surface area (Å²) in [5.74, 6) is 0.622. The lowest BCUT2D eigenvalue weighted by Crippen LogP contribution is -2.02. The van der Waals surface area contributed by atoms with Gasteiger partial charge in [0.05, 0.1) is 22.5 Å². The van der Waals surface area contributed by atoms with Crippen molar-refractivity contribution < 1.29 is 14.8 Å². The van der Waals surface area contributed by atoms with E-state index < -0.39 is 4.92 Å². The van der Waals surface area contributed by atoms with E-state index in [1.807, 2.05) is 24.3 Å². The summed E-state index contributed by atoms with van der Waals surface area (Å²) in [5.41, 5.74) is 1.13. The summed E-state index contributed by atoms with van der Waals surface area (Å²) in [6.07, 6.45) is 0.713. The Labute approximate surface area is 169 Å². The van der Waals surface area contributed by atoms with Gasteiger partial charge in [0.15, 0.2) is 0 Å². The van der Waals surface area contributed by atoms with Crippen LogP contribution in [0.1, 0.15) is 5.56 Å². The van der Waals surface area contributed by atoms with E-state index in [0.717, 1.165) is 14.9 Å². The number of nitrogens with zero attached hydrogens (tertiary/aromatic N) is 1. The third-order valence-corrected chi connectivity index (χ3v) is 5.37. The number of phenolic OH excluding ortho intramolecular Hbond substituents is 1. The van der Waals surface area contributed by atoms with Crippen LogP contribution in [0.3, 0.4) is 0 Å². The molecule has 5 nitrogen and oxygen atoms in total. The predicted molar refractivity (Wildman–Crippen MR) is 109 cm³/mol. The van der Waals surface area contributed by atoms with E-state index in [1.54, 1.807) is 36.4 Å². The molecule has 0 amide bonds. The normalized spacial score (nSPS) is 10.6. The van der Waals surface area contributed by atoms with Gasteiger partial charge in [-0.15, -0.1) is 0 Å². The van der Waals surface area contributed by atoms with Gasteiger partial charge < -0.3 is 9.84 Å². The fourth-order valence-electron chi connectivity index (χ4n) is 2.39. The Hall–Kier alpha value is -2.51. The zero-order valence-corrected chi connectivity index (χ0v) is 16.6. The van der Waals surface area contributed by atoms with Crippen LogP contribution in [0, 0.1) is 10.1 Å². The molecule has 0 aliphatic rings. The van der Waals surface area contributed by atoms with Crippen molar-refractivity contribution in [3.63, 3.8) is 0 Å². The number of ether oxygens (including phenoxy) is 1. The zero-order chi connectivity index (χ0) is 19.2. The molecule has 3 aromatic rings. The third kappa shape index (κ3) is 5.48. The van der Waals surface area contributed by atoms with E-state index in [1.165, 1.54) is 17.8 Å². The van der Waals surface area contributed by atoms with Gasteiger partial charge in [0.1, 0.15) is 11.5 Å². The van der Waals surface area contributed by atoms with Crippen molar-refractivity contribution in [2.45, 2.75) is 16.2 Å². The molecule has 0 unspecified atom stereocenters. The summed E-state index contributed by atoms with van der Waals surface area (Å²) in [6.45, 7) is 0.434. The zero-order valence-electron chi connectivity index (χ0n) is 14.2. The van der Waals surface area contributed by atoms with Crippen LogP contribution in [0.4, 0.5) is 5.69 Å². The number of nitro groups is 1. The Morgan fingerprint density at radius 1 is 1.04 bits per heavy atom. The van der Waals surface area contributed by atoms with Crippen LogP contribution in [0.5, 0.6) is 11.5 Å². The fourth-order valence-corrected chi connectivity index (χ4v) is 3.56. The third-order valence-electron chi connectivity index (χ3n) is 3.76. The second-order valence-corrected chi connectivity index (χ2v) is 7.74. The molecule has 3 rings (SSSR count). The molecule has 0 saturated heterocycles. The molecule has 0 aliphatic carbocycles. The van der Waals surface area contributed by atoms with E-state index in [0.29, 0.717) is 23.7 Å². The Morgan fingerprint density at radius 3 is 2.41 bits per heavy atom. The van der Waals surface area contributed by atoms with Gasteiger partial charge in [-0.1, -0.05) is 39.8 Å². The molecule has 0 spiro atoms. The Kier molecular flexibility index (Phi) is 6.36. The van der Waals surface area contributed by atoms with Gasteiger partial charge in [0.2, 0.25) is 0 Å². The lowest BCUT2D eigenvalue weighted by molar-refractivity contribution is -0.387. The van der Waals surface area contributed by atoms with Crippen molar-refractivity contribution in [2.24, 2.45) is 0 Å². The predicted octanol–water partition coefficient (Wildman–Crippen LogP) is 5.84. The Morgan fingerprint density at radius 2 is 1.74 bits per heavy atom. The largest absolute Gasteiger partial charge is 0.508 e. The number of hydrogen-bond acceptors (Lipinski definition) is 5. The molecule has 138 valence electrons. The highest BCUT2D eigenvalue weighted by Crippen LogP contribution is 2.37. The lowest BCUT2D eigenvalue weighted by atomic mass is 10.2. The van der Waals surface area contributed by atoms with Crippen molar-refractivity contribution in [3.05, 3.63) is 86.9 Å². The Balaban J connectivity index is 1.68. The maximum Gasteiger partial charge on any atom is 0.286 e. The molecule has 0 fully saturated rings. The fraction of sp³-hybridized carbons (Fsp3) is 0.100. The first-order chi connectivity index (χ1) is 13.0. The van der Waals surface area contributed by atoms with E-state index in [-0.39, 0.29) is 11.4 Å². The number of nitro benzene ring substituents is 1.